The molecular weight excluding hydrogens is 313 g/mol. The number of nitrogens with one attached hydrogen (secondary N) is 2. The molecule has 2 aliphatic heterocycles. The zero-order valence-electron chi connectivity index (χ0n) is 12.4. The predicted octanol–water partition coefficient (Wildman–Crippen LogP) is 3.24. The fourth-order valence-corrected chi connectivity index (χ4v) is 2.74. The topological polar surface area (TPSA) is 50.1 Å². The molecular formula is C18H17ClFN3. The molecule has 0 bridgehead atoms. The fourth-order valence-electron chi connectivity index (χ4n) is 2.56. The lowest BCUT2D eigenvalue weighted by Crippen LogP contribution is -2.19. The molecule has 0 fully saturated rings. The lowest BCUT2D eigenvalue weighted by Gasteiger charge is -2.21. The number of nitrogens with two attached hydrogens (primary N) is 1. The maximum absolute atomic E-state index is 13.4. The first-order chi connectivity index (χ1) is 11.2. The van der Waals surface area contributed by atoms with Crippen molar-refractivity contribution in [3.8, 4) is 0 Å². The van der Waals surface area contributed by atoms with Gasteiger partial charge in [0.2, 0.25) is 0 Å². The van der Waals surface area contributed by atoms with Crippen LogP contribution in [0.5, 0.6) is 0 Å². The molecule has 0 saturated heterocycles. The minimum Gasteiger partial charge on any atom is -0.381 e. The second-order valence-corrected chi connectivity index (χ2v) is 5.58. The fraction of sp³-hybridized carbons (Fsp3) is 0.111. The first-order valence-electron chi connectivity index (χ1n) is 7.34. The summed E-state index contributed by atoms with van der Waals surface area (Å²) in [6, 6.07) is 4.75. The third kappa shape index (κ3) is 3.38. The summed E-state index contributed by atoms with van der Waals surface area (Å²) >= 11 is 5.93. The van der Waals surface area contributed by atoms with Crippen molar-refractivity contribution in [1.82, 2.24) is 10.6 Å². The normalized spacial score (nSPS) is 18.7. The summed E-state index contributed by atoms with van der Waals surface area (Å²) in [4.78, 5) is 0. The molecule has 0 unspecified atom stereocenters. The van der Waals surface area contributed by atoms with Crippen LogP contribution in [0.3, 0.4) is 0 Å². The van der Waals surface area contributed by atoms with Crippen molar-refractivity contribution >= 4 is 17.3 Å². The van der Waals surface area contributed by atoms with Crippen LogP contribution >= 0.6 is 11.6 Å². The van der Waals surface area contributed by atoms with E-state index in [1.165, 1.54) is 6.07 Å². The monoisotopic (exact) mass is 329 g/mol. The number of hydrogen-bond donors (Lipinski definition) is 3. The lowest BCUT2D eigenvalue weighted by atomic mass is 9.95. The standard InChI is InChI=1S/C18H17ClFN3/c19-16-11-13(3-4-17(16)20)18-15(2-1-8-23-18)12-6-9-22-14(10-12)5-7-21/h1-6,9-11,22-23H,7-8,21H2/b14-5-. The first-order valence-corrected chi connectivity index (χ1v) is 7.72. The van der Waals surface area contributed by atoms with Crippen LogP contribution in [0.2, 0.25) is 5.02 Å². The molecule has 3 rings (SSSR count). The van der Waals surface area contributed by atoms with Crippen LogP contribution in [0.25, 0.3) is 5.70 Å². The van der Waals surface area contributed by atoms with Crippen molar-refractivity contribution in [2.24, 2.45) is 5.73 Å². The van der Waals surface area contributed by atoms with Crippen LogP contribution < -0.4 is 16.4 Å². The van der Waals surface area contributed by atoms with Crippen molar-refractivity contribution in [1.29, 1.82) is 0 Å². The van der Waals surface area contributed by atoms with E-state index < -0.39 is 5.82 Å². The van der Waals surface area contributed by atoms with E-state index in [4.69, 9.17) is 17.3 Å². The lowest BCUT2D eigenvalue weighted by molar-refractivity contribution is 0.628. The molecule has 1 aromatic carbocycles. The van der Waals surface area contributed by atoms with E-state index in [9.17, 15) is 4.39 Å². The van der Waals surface area contributed by atoms with Gasteiger partial charge in [-0.1, -0.05) is 23.8 Å². The second kappa shape index (κ2) is 6.86. The van der Waals surface area contributed by atoms with Gasteiger partial charge < -0.3 is 16.4 Å². The Hall–Kier alpha value is -2.30. The van der Waals surface area contributed by atoms with Crippen LogP contribution in [-0.4, -0.2) is 13.1 Å². The van der Waals surface area contributed by atoms with Crippen molar-refractivity contribution in [3.63, 3.8) is 0 Å². The maximum atomic E-state index is 13.4. The van der Waals surface area contributed by atoms with E-state index in [1.54, 1.807) is 12.1 Å². The van der Waals surface area contributed by atoms with E-state index >= 15 is 0 Å². The Morgan fingerprint density at radius 1 is 1.30 bits per heavy atom. The highest BCUT2D eigenvalue weighted by atomic mass is 35.5. The highest BCUT2D eigenvalue weighted by Crippen LogP contribution is 2.29. The Bertz CT molecular complexity index is 772. The van der Waals surface area contributed by atoms with Crippen molar-refractivity contribution in [2.45, 2.75) is 0 Å². The molecule has 5 heteroatoms. The van der Waals surface area contributed by atoms with E-state index in [1.807, 2.05) is 30.5 Å². The summed E-state index contributed by atoms with van der Waals surface area (Å²) in [7, 11) is 0. The number of allylic oxidation sites excluding steroid dienone is 5. The van der Waals surface area contributed by atoms with Crippen molar-refractivity contribution in [3.05, 3.63) is 88.0 Å². The van der Waals surface area contributed by atoms with Gasteiger partial charge in [-0.2, -0.15) is 0 Å². The third-order valence-electron chi connectivity index (χ3n) is 3.63. The summed E-state index contributed by atoms with van der Waals surface area (Å²) in [5.74, 6) is -0.418. The number of hydrogen-bond acceptors (Lipinski definition) is 3. The molecule has 0 aromatic heterocycles. The molecule has 2 heterocycles. The molecule has 0 radical (unpaired) electrons. The summed E-state index contributed by atoms with van der Waals surface area (Å²) in [6.45, 7) is 1.18. The van der Waals surface area contributed by atoms with Gasteiger partial charge in [0.05, 0.1) is 5.02 Å². The third-order valence-corrected chi connectivity index (χ3v) is 3.92. The molecule has 0 aliphatic carbocycles. The number of benzene rings is 1. The molecule has 3 nitrogen and oxygen atoms in total. The zero-order valence-corrected chi connectivity index (χ0v) is 13.2. The Morgan fingerprint density at radius 2 is 2.17 bits per heavy atom. The Morgan fingerprint density at radius 3 is 2.96 bits per heavy atom. The SMILES string of the molecule is NC/C=C1/C=C(C2=C(c3ccc(F)c(Cl)c3)NCC=C2)C=CN1. The number of rotatable bonds is 3. The zero-order chi connectivity index (χ0) is 16.2. The van der Waals surface area contributed by atoms with Crippen LogP contribution in [0.1, 0.15) is 5.56 Å². The highest BCUT2D eigenvalue weighted by molar-refractivity contribution is 6.30. The summed E-state index contributed by atoms with van der Waals surface area (Å²) in [5.41, 5.74) is 10.4. The predicted molar refractivity (Wildman–Crippen MR) is 93.0 cm³/mol. The average Bonchev–Trinajstić information content (AvgIpc) is 2.58. The molecule has 23 heavy (non-hydrogen) atoms. The minimum absolute atomic E-state index is 0.115. The minimum atomic E-state index is -0.418. The molecule has 0 atom stereocenters. The summed E-state index contributed by atoms with van der Waals surface area (Å²) in [5, 5.41) is 6.61. The second-order valence-electron chi connectivity index (χ2n) is 5.17. The highest BCUT2D eigenvalue weighted by Gasteiger charge is 2.15. The smallest absolute Gasteiger partial charge is 0.141 e. The van der Waals surface area contributed by atoms with Crippen molar-refractivity contribution in [2.75, 3.05) is 13.1 Å². The number of dihydropyridines is 2. The van der Waals surface area contributed by atoms with E-state index in [2.05, 4.69) is 16.7 Å². The molecule has 4 N–H and O–H groups in total. The maximum Gasteiger partial charge on any atom is 0.141 e. The Labute approximate surface area is 139 Å². The Balaban J connectivity index is 2.08. The van der Waals surface area contributed by atoms with Crippen LogP contribution in [0.15, 0.2) is 71.6 Å². The van der Waals surface area contributed by atoms with Gasteiger partial charge in [-0.15, -0.1) is 0 Å². The van der Waals surface area contributed by atoms with Gasteiger partial charge in [0.1, 0.15) is 5.82 Å². The molecule has 0 amide bonds. The van der Waals surface area contributed by atoms with E-state index in [0.29, 0.717) is 13.1 Å². The molecule has 0 saturated carbocycles. The van der Waals surface area contributed by atoms with Crippen LogP contribution in [0, 0.1) is 5.82 Å². The molecule has 1 aromatic rings. The largest absolute Gasteiger partial charge is 0.381 e. The average molecular weight is 330 g/mol. The molecule has 0 spiro atoms. The van der Waals surface area contributed by atoms with Gasteiger partial charge in [-0.05, 0) is 47.6 Å². The van der Waals surface area contributed by atoms with Crippen LogP contribution in [0.4, 0.5) is 4.39 Å². The van der Waals surface area contributed by atoms with Gasteiger partial charge in [0.25, 0.3) is 0 Å². The summed E-state index contributed by atoms with van der Waals surface area (Å²) < 4.78 is 13.4. The molecule has 2 aliphatic rings. The first kappa shape index (κ1) is 15.6. The van der Waals surface area contributed by atoms with Crippen molar-refractivity contribution < 1.29 is 4.39 Å². The van der Waals surface area contributed by atoms with Gasteiger partial charge in [-0.25, -0.2) is 4.39 Å². The van der Waals surface area contributed by atoms with E-state index in [0.717, 1.165) is 28.1 Å². The van der Waals surface area contributed by atoms with Gasteiger partial charge in [-0.3, -0.25) is 0 Å². The van der Waals surface area contributed by atoms with E-state index in [-0.39, 0.29) is 5.02 Å². The van der Waals surface area contributed by atoms with Crippen LogP contribution in [-0.2, 0) is 0 Å². The van der Waals surface area contributed by atoms with Gasteiger partial charge in [0, 0.05) is 36.3 Å². The molecule has 118 valence electrons. The Kier molecular flexibility index (Phi) is 4.65. The van der Waals surface area contributed by atoms with Gasteiger partial charge in [0.15, 0.2) is 0 Å². The number of halogens is 2. The van der Waals surface area contributed by atoms with Gasteiger partial charge >= 0.3 is 0 Å². The summed E-state index contributed by atoms with van der Waals surface area (Å²) in [6.07, 6.45) is 11.9. The quantitative estimate of drug-likeness (QED) is 0.798.